The molecule has 0 fully saturated rings. The van der Waals surface area contributed by atoms with Crippen LogP contribution in [0.3, 0.4) is 0 Å². The molecule has 0 aliphatic carbocycles. The van der Waals surface area contributed by atoms with Crippen molar-refractivity contribution in [2.45, 2.75) is 38.6 Å². The van der Waals surface area contributed by atoms with Gasteiger partial charge in [0, 0.05) is 22.4 Å². The van der Waals surface area contributed by atoms with E-state index in [1.54, 1.807) is 23.9 Å². The van der Waals surface area contributed by atoms with Crippen molar-refractivity contribution in [2.75, 3.05) is 12.4 Å². The number of Topliss-reactive ketones (excluding diaryl/α,β-unsaturated/α-hetero) is 1. The van der Waals surface area contributed by atoms with Crippen molar-refractivity contribution >= 4 is 40.8 Å². The number of hydrogen-bond acceptors (Lipinski definition) is 6. The van der Waals surface area contributed by atoms with Gasteiger partial charge in [0.25, 0.3) is 0 Å². The molecule has 2 rings (SSSR count). The summed E-state index contributed by atoms with van der Waals surface area (Å²) in [5.74, 6) is -0.127. The van der Waals surface area contributed by atoms with Gasteiger partial charge in [0.15, 0.2) is 6.61 Å². The smallest absolute Gasteiger partial charge is 0.307 e. The molecular weight excluding hydrogens is 382 g/mol. The van der Waals surface area contributed by atoms with Gasteiger partial charge in [-0.3, -0.25) is 14.4 Å². The van der Waals surface area contributed by atoms with Crippen LogP contribution in [0.2, 0.25) is 0 Å². The Morgan fingerprint density at radius 3 is 2.59 bits per heavy atom. The van der Waals surface area contributed by atoms with Crippen LogP contribution in [-0.4, -0.2) is 30.0 Å². The number of esters is 1. The normalized spacial score (nSPS) is 10.5. The van der Waals surface area contributed by atoms with Crippen LogP contribution in [0.4, 0.5) is 0 Å². The van der Waals surface area contributed by atoms with Crippen LogP contribution in [0, 0.1) is 13.8 Å². The highest BCUT2D eigenvalue weighted by molar-refractivity contribution is 7.99. The number of hydrogen-bond donors (Lipinski definition) is 1. The Kier molecular flexibility index (Phi) is 8.06. The molecule has 0 aliphatic rings. The van der Waals surface area contributed by atoms with Gasteiger partial charge in [-0.1, -0.05) is 6.07 Å². The lowest BCUT2D eigenvalue weighted by Crippen LogP contribution is -2.18. The van der Waals surface area contributed by atoms with E-state index in [0.717, 1.165) is 9.77 Å². The Bertz CT molecular complexity index is 829. The molecule has 1 N–H and O–H groups in total. The summed E-state index contributed by atoms with van der Waals surface area (Å²) in [5.41, 5.74) is 2.47. The number of nitrogens with one attached hydrogen (secondary N) is 1. The number of ketones is 1. The van der Waals surface area contributed by atoms with Gasteiger partial charge >= 0.3 is 5.97 Å². The fourth-order valence-corrected chi connectivity index (χ4v) is 3.98. The average molecular weight is 406 g/mol. The van der Waals surface area contributed by atoms with E-state index in [0.29, 0.717) is 17.2 Å². The van der Waals surface area contributed by atoms with Crippen molar-refractivity contribution in [1.29, 1.82) is 0 Å². The third-order valence-corrected chi connectivity index (χ3v) is 5.99. The summed E-state index contributed by atoms with van der Waals surface area (Å²) in [6.07, 6.45) is 0.253. The Morgan fingerprint density at radius 1 is 1.11 bits per heavy atom. The van der Waals surface area contributed by atoms with Crippen molar-refractivity contribution in [3.63, 3.8) is 0 Å². The third kappa shape index (κ3) is 7.19. The first-order valence-corrected chi connectivity index (χ1v) is 10.4. The number of thioether (sulfide) groups is 1. The number of aryl methyl sites for hydroxylation is 2. The zero-order valence-corrected chi connectivity index (χ0v) is 17.3. The zero-order chi connectivity index (χ0) is 19.8. The van der Waals surface area contributed by atoms with Crippen molar-refractivity contribution in [3.05, 3.63) is 51.2 Å². The molecule has 5 nitrogen and oxygen atoms in total. The van der Waals surface area contributed by atoms with Gasteiger partial charge < -0.3 is 10.1 Å². The van der Waals surface area contributed by atoms with Gasteiger partial charge in [-0.2, -0.15) is 0 Å². The minimum atomic E-state index is -0.380. The maximum atomic E-state index is 12.1. The van der Waals surface area contributed by atoms with Gasteiger partial charge in [0.1, 0.15) is 0 Å². The van der Waals surface area contributed by atoms with Crippen LogP contribution >= 0.6 is 23.1 Å². The highest BCUT2D eigenvalue weighted by atomic mass is 32.2. The Hall–Kier alpha value is -2.12. The fraction of sp³-hybridized carbons (Fsp3) is 0.350. The van der Waals surface area contributed by atoms with Gasteiger partial charge in [0.2, 0.25) is 11.7 Å². The number of ether oxygens (including phenoxy) is 1. The van der Waals surface area contributed by atoms with Gasteiger partial charge in [-0.15, -0.1) is 23.1 Å². The Balaban J connectivity index is 1.70. The number of benzene rings is 1. The average Bonchev–Trinajstić information content (AvgIpc) is 3.10. The summed E-state index contributed by atoms with van der Waals surface area (Å²) in [6, 6.07) is 9.68. The fourth-order valence-electron chi connectivity index (χ4n) is 2.18. The van der Waals surface area contributed by atoms with Gasteiger partial charge in [-0.25, -0.2) is 0 Å². The minimum absolute atomic E-state index is 0.121. The summed E-state index contributed by atoms with van der Waals surface area (Å²) in [7, 11) is 0. The maximum Gasteiger partial charge on any atom is 0.307 e. The lowest BCUT2D eigenvalue weighted by molar-refractivity contribution is -0.142. The molecule has 0 atom stereocenters. The van der Waals surface area contributed by atoms with E-state index >= 15 is 0 Å². The summed E-state index contributed by atoms with van der Waals surface area (Å²) in [4.78, 5) is 37.4. The monoisotopic (exact) mass is 405 g/mol. The molecule has 1 amide bonds. The van der Waals surface area contributed by atoms with Crippen molar-refractivity contribution in [3.8, 4) is 0 Å². The third-order valence-electron chi connectivity index (χ3n) is 3.87. The van der Waals surface area contributed by atoms with Crippen LogP contribution in [0.5, 0.6) is 0 Å². The Morgan fingerprint density at radius 2 is 1.89 bits per heavy atom. The van der Waals surface area contributed by atoms with Crippen LogP contribution in [-0.2, 0) is 20.9 Å². The number of carbonyl (C=O) groups excluding carboxylic acids is 3. The van der Waals surface area contributed by atoms with Gasteiger partial charge in [0.05, 0.1) is 17.8 Å². The van der Waals surface area contributed by atoms with Crippen molar-refractivity contribution in [2.24, 2.45) is 0 Å². The molecule has 2 aromatic rings. The molecule has 1 aromatic carbocycles. The molecule has 0 radical (unpaired) electrons. The molecule has 0 bridgehead atoms. The number of amides is 1. The predicted molar refractivity (Wildman–Crippen MR) is 108 cm³/mol. The van der Waals surface area contributed by atoms with Crippen LogP contribution in [0.15, 0.2) is 35.2 Å². The largest absolute Gasteiger partial charge is 0.457 e. The molecule has 27 heavy (non-hydrogen) atoms. The van der Waals surface area contributed by atoms with E-state index in [2.05, 4.69) is 31.3 Å². The number of thiophene rings is 1. The van der Waals surface area contributed by atoms with Crippen molar-refractivity contribution < 1.29 is 19.1 Å². The topological polar surface area (TPSA) is 72.5 Å². The van der Waals surface area contributed by atoms with Gasteiger partial charge in [-0.05, 0) is 49.2 Å². The number of carbonyl (C=O) groups is 3. The SMILES string of the molecule is CC(=O)NCc1ccc(C(=O)COC(=O)CCSc2ccc(C)c(C)c2)s1. The summed E-state index contributed by atoms with van der Waals surface area (Å²) >= 11 is 2.89. The number of rotatable bonds is 9. The second-order valence-electron chi connectivity index (χ2n) is 6.10. The van der Waals surface area contributed by atoms with E-state index in [-0.39, 0.29) is 30.7 Å². The second kappa shape index (κ2) is 10.3. The van der Waals surface area contributed by atoms with Crippen LogP contribution < -0.4 is 5.32 Å². The molecule has 0 saturated heterocycles. The zero-order valence-electron chi connectivity index (χ0n) is 15.7. The minimum Gasteiger partial charge on any atom is -0.457 e. The molecule has 0 spiro atoms. The lowest BCUT2D eigenvalue weighted by atomic mass is 10.1. The first-order valence-electron chi connectivity index (χ1n) is 8.57. The standard InChI is InChI=1S/C20H23NO4S2/c1-13-4-5-16(10-14(13)2)26-9-8-20(24)25-12-18(23)19-7-6-17(27-19)11-21-15(3)22/h4-7,10H,8-9,11-12H2,1-3H3,(H,21,22). The van der Waals surface area contributed by atoms with Crippen molar-refractivity contribution in [1.82, 2.24) is 5.32 Å². The second-order valence-corrected chi connectivity index (χ2v) is 8.44. The molecule has 0 unspecified atom stereocenters. The summed E-state index contributed by atoms with van der Waals surface area (Å²) in [5, 5.41) is 2.68. The molecule has 1 heterocycles. The van der Waals surface area contributed by atoms with E-state index in [1.807, 2.05) is 6.07 Å². The first-order chi connectivity index (χ1) is 12.8. The summed E-state index contributed by atoms with van der Waals surface area (Å²) < 4.78 is 5.08. The van der Waals surface area contributed by atoms with Crippen LogP contribution in [0.1, 0.15) is 39.0 Å². The van der Waals surface area contributed by atoms with E-state index in [4.69, 9.17) is 4.74 Å². The Labute approximate surface area is 167 Å². The van der Waals surface area contributed by atoms with E-state index < -0.39 is 0 Å². The van der Waals surface area contributed by atoms with Crippen LogP contribution in [0.25, 0.3) is 0 Å². The molecule has 7 heteroatoms. The molecule has 144 valence electrons. The molecule has 1 aromatic heterocycles. The predicted octanol–water partition coefficient (Wildman–Crippen LogP) is 3.91. The van der Waals surface area contributed by atoms with E-state index in [9.17, 15) is 14.4 Å². The highest BCUT2D eigenvalue weighted by Gasteiger charge is 2.13. The quantitative estimate of drug-likeness (QED) is 0.389. The van der Waals surface area contributed by atoms with E-state index in [1.165, 1.54) is 29.4 Å². The molecule has 0 saturated carbocycles. The molecular formula is C20H23NO4S2. The first kappa shape index (κ1) is 21.2. The summed E-state index contributed by atoms with van der Waals surface area (Å²) in [6.45, 7) is 5.70. The highest BCUT2D eigenvalue weighted by Crippen LogP contribution is 2.22. The molecule has 0 aliphatic heterocycles. The lowest BCUT2D eigenvalue weighted by Gasteiger charge is -2.06. The maximum absolute atomic E-state index is 12.1.